The molecule has 5 aromatic rings. The van der Waals surface area contributed by atoms with Crippen LogP contribution in [0.4, 0.5) is 0 Å². The van der Waals surface area contributed by atoms with Gasteiger partial charge >= 0.3 is 0 Å². The van der Waals surface area contributed by atoms with Crippen LogP contribution in [0.15, 0.2) is 81.7 Å². The van der Waals surface area contributed by atoms with E-state index in [2.05, 4.69) is 105 Å². The summed E-state index contributed by atoms with van der Waals surface area (Å²) < 4.78 is 2.24. The van der Waals surface area contributed by atoms with Gasteiger partial charge in [0, 0.05) is 8.95 Å². The highest BCUT2D eigenvalue weighted by Crippen LogP contribution is 2.40. The lowest BCUT2D eigenvalue weighted by molar-refractivity contribution is 1.72. The second-order valence-electron chi connectivity index (χ2n) is 6.10. The van der Waals surface area contributed by atoms with Crippen molar-refractivity contribution in [2.75, 3.05) is 0 Å². The predicted molar refractivity (Wildman–Crippen MR) is 112 cm³/mol. The quantitative estimate of drug-likeness (QED) is 0.217. The predicted octanol–water partition coefficient (Wildman–Crippen LogP) is 7.82. The van der Waals surface area contributed by atoms with Crippen LogP contribution in [-0.4, -0.2) is 0 Å². The molecule has 5 aromatic carbocycles. The molecular weight excluding hydrogens is 424 g/mol. The molecule has 2 heteroatoms. The lowest BCUT2D eigenvalue weighted by atomic mass is 9.93. The summed E-state index contributed by atoms with van der Waals surface area (Å²) in [6.07, 6.45) is 0. The van der Waals surface area contributed by atoms with E-state index in [1.807, 2.05) is 0 Å². The van der Waals surface area contributed by atoms with E-state index in [4.69, 9.17) is 0 Å². The van der Waals surface area contributed by atoms with Crippen LogP contribution in [0.5, 0.6) is 0 Å². The standard InChI is InChI=1S/C22H12Br2/c23-16-8-10-18-15(11-16)12-20(24)19-9-7-14-6-5-13-3-1-2-4-17(13)21(14)22(18)19/h1-12H. The lowest BCUT2D eigenvalue weighted by Crippen LogP contribution is -1.85. The molecule has 0 fully saturated rings. The van der Waals surface area contributed by atoms with E-state index in [1.54, 1.807) is 0 Å². The Kier molecular flexibility index (Phi) is 3.19. The van der Waals surface area contributed by atoms with Crippen LogP contribution >= 0.6 is 31.9 Å². The van der Waals surface area contributed by atoms with E-state index in [0.29, 0.717) is 0 Å². The van der Waals surface area contributed by atoms with E-state index >= 15 is 0 Å². The summed E-state index contributed by atoms with van der Waals surface area (Å²) in [7, 11) is 0. The largest absolute Gasteiger partial charge is 0.0616 e. The zero-order valence-electron chi connectivity index (χ0n) is 12.7. The van der Waals surface area contributed by atoms with Crippen molar-refractivity contribution in [1.29, 1.82) is 0 Å². The molecule has 0 heterocycles. The van der Waals surface area contributed by atoms with Crippen LogP contribution in [0.25, 0.3) is 43.1 Å². The van der Waals surface area contributed by atoms with Crippen LogP contribution in [-0.2, 0) is 0 Å². The Hall–Kier alpha value is -1.90. The van der Waals surface area contributed by atoms with Crippen molar-refractivity contribution in [2.45, 2.75) is 0 Å². The van der Waals surface area contributed by atoms with Gasteiger partial charge in [0.1, 0.15) is 0 Å². The summed E-state index contributed by atoms with van der Waals surface area (Å²) in [5.74, 6) is 0. The minimum atomic E-state index is 1.10. The third-order valence-electron chi connectivity index (χ3n) is 4.73. The highest BCUT2D eigenvalue weighted by molar-refractivity contribution is 9.11. The number of fused-ring (bicyclic) bond motifs is 7. The summed E-state index contributed by atoms with van der Waals surface area (Å²) >= 11 is 7.37. The van der Waals surface area contributed by atoms with Gasteiger partial charge in [-0.15, -0.1) is 0 Å². The SMILES string of the molecule is Brc1ccc2c(c1)cc(Br)c1ccc3ccc4ccccc4c3c12. The molecule has 0 radical (unpaired) electrons. The molecular formula is C22H12Br2. The Morgan fingerprint density at radius 1 is 0.500 bits per heavy atom. The fourth-order valence-electron chi connectivity index (χ4n) is 3.67. The second-order valence-corrected chi connectivity index (χ2v) is 7.87. The van der Waals surface area contributed by atoms with Gasteiger partial charge in [-0.05, 0) is 61.3 Å². The van der Waals surface area contributed by atoms with Crippen LogP contribution in [0.1, 0.15) is 0 Å². The molecule has 0 spiro atoms. The number of benzene rings is 5. The third kappa shape index (κ3) is 2.03. The number of rotatable bonds is 0. The summed E-state index contributed by atoms with van der Waals surface area (Å²) in [6, 6.07) is 26.2. The van der Waals surface area contributed by atoms with Crippen molar-refractivity contribution in [2.24, 2.45) is 0 Å². The van der Waals surface area contributed by atoms with Gasteiger partial charge in [0.2, 0.25) is 0 Å². The summed E-state index contributed by atoms with van der Waals surface area (Å²) in [5.41, 5.74) is 0. The molecule has 0 aliphatic heterocycles. The number of hydrogen-bond acceptors (Lipinski definition) is 0. The average molecular weight is 436 g/mol. The van der Waals surface area contributed by atoms with E-state index in [9.17, 15) is 0 Å². The van der Waals surface area contributed by atoms with Gasteiger partial charge in [0.25, 0.3) is 0 Å². The van der Waals surface area contributed by atoms with Gasteiger partial charge in [-0.25, -0.2) is 0 Å². The van der Waals surface area contributed by atoms with Gasteiger partial charge in [0.15, 0.2) is 0 Å². The van der Waals surface area contributed by atoms with Crippen molar-refractivity contribution < 1.29 is 0 Å². The molecule has 0 saturated carbocycles. The maximum Gasteiger partial charge on any atom is 0.0260 e. The van der Waals surface area contributed by atoms with Gasteiger partial charge < -0.3 is 0 Å². The van der Waals surface area contributed by atoms with Gasteiger partial charge in [-0.2, -0.15) is 0 Å². The van der Waals surface area contributed by atoms with E-state index in [1.165, 1.54) is 43.1 Å². The summed E-state index contributed by atoms with van der Waals surface area (Å²) in [5, 5.41) is 10.3. The first-order valence-corrected chi connectivity index (χ1v) is 9.43. The topological polar surface area (TPSA) is 0 Å². The Bertz CT molecular complexity index is 1270. The molecule has 24 heavy (non-hydrogen) atoms. The molecule has 114 valence electrons. The number of halogens is 2. The molecule has 5 rings (SSSR count). The highest BCUT2D eigenvalue weighted by atomic mass is 79.9. The Balaban J connectivity index is 2.18. The maximum absolute atomic E-state index is 3.78. The molecule has 0 atom stereocenters. The fraction of sp³-hybridized carbons (Fsp3) is 0. The van der Waals surface area contributed by atoms with Gasteiger partial charge in [0.05, 0.1) is 0 Å². The first kappa shape index (κ1) is 14.4. The zero-order valence-corrected chi connectivity index (χ0v) is 15.9. The molecule has 0 saturated heterocycles. The Morgan fingerprint density at radius 2 is 1.21 bits per heavy atom. The van der Waals surface area contributed by atoms with E-state index in [0.717, 1.165) is 8.95 Å². The Labute approximate surface area is 156 Å². The molecule has 0 N–H and O–H groups in total. The summed E-state index contributed by atoms with van der Waals surface area (Å²) in [6.45, 7) is 0. The molecule has 0 nitrogen and oxygen atoms in total. The molecule has 0 amide bonds. The van der Waals surface area contributed by atoms with Gasteiger partial charge in [-0.3, -0.25) is 0 Å². The van der Waals surface area contributed by atoms with Crippen LogP contribution < -0.4 is 0 Å². The van der Waals surface area contributed by atoms with E-state index in [-0.39, 0.29) is 0 Å². The zero-order chi connectivity index (χ0) is 16.3. The van der Waals surface area contributed by atoms with Crippen LogP contribution in [0.2, 0.25) is 0 Å². The van der Waals surface area contributed by atoms with Crippen molar-refractivity contribution in [3.63, 3.8) is 0 Å². The lowest BCUT2D eigenvalue weighted by Gasteiger charge is -2.12. The van der Waals surface area contributed by atoms with Crippen molar-refractivity contribution >= 4 is 74.9 Å². The average Bonchev–Trinajstić information content (AvgIpc) is 2.60. The molecule has 0 aliphatic carbocycles. The molecule has 0 unspecified atom stereocenters. The van der Waals surface area contributed by atoms with Crippen molar-refractivity contribution in [3.05, 3.63) is 81.7 Å². The van der Waals surface area contributed by atoms with Gasteiger partial charge in [-0.1, -0.05) is 86.5 Å². The number of hydrogen-bond donors (Lipinski definition) is 0. The fourth-order valence-corrected chi connectivity index (χ4v) is 4.63. The smallest absolute Gasteiger partial charge is 0.0260 e. The first-order valence-electron chi connectivity index (χ1n) is 7.84. The maximum atomic E-state index is 3.78. The normalized spacial score (nSPS) is 11.8. The molecule has 0 aromatic heterocycles. The highest BCUT2D eigenvalue weighted by Gasteiger charge is 2.11. The second kappa shape index (κ2) is 5.30. The van der Waals surface area contributed by atoms with Crippen molar-refractivity contribution in [3.8, 4) is 0 Å². The van der Waals surface area contributed by atoms with E-state index < -0.39 is 0 Å². The minimum Gasteiger partial charge on any atom is -0.0616 e. The Morgan fingerprint density at radius 3 is 2.12 bits per heavy atom. The van der Waals surface area contributed by atoms with Crippen molar-refractivity contribution in [1.82, 2.24) is 0 Å². The first-order chi connectivity index (χ1) is 11.7. The summed E-state index contributed by atoms with van der Waals surface area (Å²) in [4.78, 5) is 0. The van der Waals surface area contributed by atoms with Crippen LogP contribution in [0, 0.1) is 0 Å². The molecule has 0 aliphatic rings. The van der Waals surface area contributed by atoms with Crippen LogP contribution in [0.3, 0.4) is 0 Å². The third-order valence-corrected chi connectivity index (χ3v) is 5.88. The monoisotopic (exact) mass is 434 g/mol. The minimum absolute atomic E-state index is 1.10. The molecule has 0 bridgehead atoms.